The number of unbranched alkanes of at least 4 members (excludes halogenated alkanes) is 4. The normalized spacial score (nSPS) is 14.9. The van der Waals surface area contributed by atoms with Crippen molar-refractivity contribution in [2.75, 3.05) is 6.61 Å². The minimum atomic E-state index is -0.850. The van der Waals surface area contributed by atoms with Crippen LogP contribution >= 0.6 is 0 Å². The number of carbonyl (C=O) groups excluding carboxylic acids is 2. The van der Waals surface area contributed by atoms with Crippen molar-refractivity contribution in [1.82, 2.24) is 0 Å². The second kappa shape index (κ2) is 15.0. The van der Waals surface area contributed by atoms with Gasteiger partial charge in [-0.25, -0.2) is 4.79 Å². The molecule has 0 N–H and O–H groups in total. The summed E-state index contributed by atoms with van der Waals surface area (Å²) in [5.41, 5.74) is 0. The molecule has 146 valence electrons. The molecule has 0 saturated carbocycles. The van der Waals surface area contributed by atoms with Crippen molar-refractivity contribution in [1.29, 1.82) is 0 Å². The minimum Gasteiger partial charge on any atom is -0.463 e. The number of ether oxygens (including phenoxy) is 2. The largest absolute Gasteiger partial charge is 0.463 e. The lowest BCUT2D eigenvalue weighted by Crippen LogP contribution is -2.29. The molecular formula is C21H38O4. The lowest BCUT2D eigenvalue weighted by atomic mass is 9.96. The van der Waals surface area contributed by atoms with E-state index in [-0.39, 0.29) is 18.5 Å². The molecule has 0 aromatic carbocycles. The second-order valence-corrected chi connectivity index (χ2v) is 6.79. The summed E-state index contributed by atoms with van der Waals surface area (Å²) in [7, 11) is 0. The van der Waals surface area contributed by atoms with Crippen molar-refractivity contribution in [3.63, 3.8) is 0 Å². The zero-order valence-corrected chi connectivity index (χ0v) is 16.9. The van der Waals surface area contributed by atoms with Gasteiger partial charge in [0.25, 0.3) is 0 Å². The number of rotatable bonds is 14. The van der Waals surface area contributed by atoms with Crippen molar-refractivity contribution in [3.8, 4) is 0 Å². The van der Waals surface area contributed by atoms with Gasteiger partial charge in [0.1, 0.15) is 0 Å². The molecule has 0 heterocycles. The van der Waals surface area contributed by atoms with Crippen LogP contribution < -0.4 is 0 Å². The SMILES string of the molecule is CCCCCCC(/C=C\C(C)CCCC)C(=O)OC(C)C(=O)OCC. The van der Waals surface area contributed by atoms with E-state index in [2.05, 4.69) is 26.8 Å². The van der Waals surface area contributed by atoms with Crippen LogP contribution in [0.2, 0.25) is 0 Å². The van der Waals surface area contributed by atoms with Gasteiger partial charge in [-0.2, -0.15) is 0 Å². The fraction of sp³-hybridized carbons (Fsp3) is 0.810. The van der Waals surface area contributed by atoms with Crippen molar-refractivity contribution in [3.05, 3.63) is 12.2 Å². The van der Waals surface area contributed by atoms with E-state index >= 15 is 0 Å². The molecule has 0 rings (SSSR count). The molecule has 0 aliphatic carbocycles. The van der Waals surface area contributed by atoms with Crippen LogP contribution in [0.15, 0.2) is 12.2 Å². The van der Waals surface area contributed by atoms with Crippen LogP contribution in [0, 0.1) is 11.8 Å². The van der Waals surface area contributed by atoms with Gasteiger partial charge in [0, 0.05) is 0 Å². The van der Waals surface area contributed by atoms with Gasteiger partial charge in [-0.15, -0.1) is 0 Å². The van der Waals surface area contributed by atoms with E-state index in [0.29, 0.717) is 5.92 Å². The maximum absolute atomic E-state index is 12.5. The first kappa shape index (κ1) is 23.7. The lowest BCUT2D eigenvalue weighted by Gasteiger charge is -2.17. The Morgan fingerprint density at radius 3 is 2.12 bits per heavy atom. The van der Waals surface area contributed by atoms with Crippen LogP contribution in [0.4, 0.5) is 0 Å². The van der Waals surface area contributed by atoms with Crippen LogP contribution in [-0.2, 0) is 19.1 Å². The highest BCUT2D eigenvalue weighted by Gasteiger charge is 2.24. The zero-order chi connectivity index (χ0) is 19.1. The highest BCUT2D eigenvalue weighted by molar-refractivity contribution is 5.80. The van der Waals surface area contributed by atoms with E-state index in [1.54, 1.807) is 13.8 Å². The van der Waals surface area contributed by atoms with E-state index in [1.165, 1.54) is 25.7 Å². The van der Waals surface area contributed by atoms with Crippen molar-refractivity contribution < 1.29 is 19.1 Å². The average Bonchev–Trinajstić information content (AvgIpc) is 2.59. The van der Waals surface area contributed by atoms with Crippen LogP contribution in [0.25, 0.3) is 0 Å². The van der Waals surface area contributed by atoms with Gasteiger partial charge in [0.2, 0.25) is 0 Å². The predicted molar refractivity (Wildman–Crippen MR) is 102 cm³/mol. The zero-order valence-electron chi connectivity index (χ0n) is 16.9. The minimum absolute atomic E-state index is 0.280. The van der Waals surface area contributed by atoms with Crippen LogP contribution in [0.3, 0.4) is 0 Å². The quantitative estimate of drug-likeness (QED) is 0.236. The Balaban J connectivity index is 4.70. The first-order valence-electron chi connectivity index (χ1n) is 10.0. The highest BCUT2D eigenvalue weighted by Crippen LogP contribution is 2.18. The molecule has 0 aliphatic heterocycles. The third-order valence-corrected chi connectivity index (χ3v) is 4.27. The van der Waals surface area contributed by atoms with Crippen LogP contribution in [0.1, 0.15) is 86.0 Å². The summed E-state index contributed by atoms with van der Waals surface area (Å²) in [6, 6.07) is 0. The maximum atomic E-state index is 12.5. The predicted octanol–water partition coefficient (Wildman–Crippen LogP) is 5.45. The van der Waals surface area contributed by atoms with Gasteiger partial charge in [-0.05, 0) is 32.6 Å². The van der Waals surface area contributed by atoms with Gasteiger partial charge >= 0.3 is 11.9 Å². The van der Waals surface area contributed by atoms with Crippen LogP contribution in [0.5, 0.6) is 0 Å². The topological polar surface area (TPSA) is 52.6 Å². The highest BCUT2D eigenvalue weighted by atomic mass is 16.6. The molecule has 0 aromatic rings. The molecule has 0 aromatic heterocycles. The molecule has 0 aliphatic rings. The average molecular weight is 355 g/mol. The first-order chi connectivity index (χ1) is 12.0. The molecule has 0 fully saturated rings. The van der Waals surface area contributed by atoms with Gasteiger partial charge in [0.15, 0.2) is 6.10 Å². The molecule has 0 bridgehead atoms. The van der Waals surface area contributed by atoms with Crippen LogP contribution in [-0.4, -0.2) is 24.6 Å². The summed E-state index contributed by atoms with van der Waals surface area (Å²) in [4.78, 5) is 24.1. The molecule has 0 amide bonds. The van der Waals surface area contributed by atoms with E-state index in [0.717, 1.165) is 25.7 Å². The van der Waals surface area contributed by atoms with Crippen molar-refractivity contribution in [2.24, 2.45) is 11.8 Å². The summed E-state index contributed by atoms with van der Waals surface area (Å²) in [6.45, 7) is 10.1. The summed E-state index contributed by atoms with van der Waals surface area (Å²) < 4.78 is 10.2. The third-order valence-electron chi connectivity index (χ3n) is 4.27. The molecule has 4 nitrogen and oxygen atoms in total. The number of allylic oxidation sites excluding steroid dienone is 1. The van der Waals surface area contributed by atoms with E-state index < -0.39 is 12.1 Å². The maximum Gasteiger partial charge on any atom is 0.347 e. The monoisotopic (exact) mass is 354 g/mol. The van der Waals surface area contributed by atoms with Gasteiger partial charge < -0.3 is 9.47 Å². The Morgan fingerprint density at radius 1 is 0.840 bits per heavy atom. The standard InChI is InChI=1S/C21H38O4/c1-6-9-11-12-14-19(16-15-17(4)13-10-7-2)21(23)25-18(5)20(22)24-8-3/h15-19H,6-14H2,1-5H3/b16-15-. The van der Waals surface area contributed by atoms with Gasteiger partial charge in [-0.1, -0.05) is 71.4 Å². The fourth-order valence-corrected chi connectivity index (χ4v) is 2.60. The molecule has 0 spiro atoms. The number of hydrogen-bond donors (Lipinski definition) is 0. The Labute approximate surface area is 154 Å². The molecule has 3 atom stereocenters. The van der Waals surface area contributed by atoms with Crippen molar-refractivity contribution in [2.45, 2.75) is 92.1 Å². The first-order valence-corrected chi connectivity index (χ1v) is 10.0. The van der Waals surface area contributed by atoms with Gasteiger partial charge in [-0.3, -0.25) is 4.79 Å². The fourth-order valence-electron chi connectivity index (χ4n) is 2.60. The second-order valence-electron chi connectivity index (χ2n) is 6.79. The van der Waals surface area contributed by atoms with E-state index in [9.17, 15) is 9.59 Å². The molecule has 25 heavy (non-hydrogen) atoms. The molecule has 0 saturated heterocycles. The molecule has 3 unspecified atom stereocenters. The Bertz CT molecular complexity index is 389. The van der Waals surface area contributed by atoms with E-state index in [4.69, 9.17) is 9.47 Å². The van der Waals surface area contributed by atoms with Gasteiger partial charge in [0.05, 0.1) is 12.5 Å². The molecular weight excluding hydrogens is 316 g/mol. The summed E-state index contributed by atoms with van der Waals surface area (Å²) in [5.74, 6) is -0.636. The Morgan fingerprint density at radius 2 is 1.52 bits per heavy atom. The molecule has 4 heteroatoms. The molecule has 0 radical (unpaired) electrons. The van der Waals surface area contributed by atoms with Crippen molar-refractivity contribution >= 4 is 11.9 Å². The smallest absolute Gasteiger partial charge is 0.347 e. The number of hydrogen-bond acceptors (Lipinski definition) is 4. The summed E-state index contributed by atoms with van der Waals surface area (Å²) in [5, 5.41) is 0. The lowest BCUT2D eigenvalue weighted by molar-refractivity contribution is -0.168. The third kappa shape index (κ3) is 11.8. The Hall–Kier alpha value is -1.32. The summed E-state index contributed by atoms with van der Waals surface area (Å²) in [6.07, 6.45) is 12.0. The number of esters is 2. The Kier molecular flexibility index (Phi) is 14.2. The summed E-state index contributed by atoms with van der Waals surface area (Å²) >= 11 is 0. The number of carbonyl (C=O) groups is 2. The van der Waals surface area contributed by atoms with E-state index in [1.807, 2.05) is 6.08 Å².